The molecular weight excluding hydrogens is 343 g/mol. The van der Waals surface area contributed by atoms with Gasteiger partial charge in [0.1, 0.15) is 11.6 Å². The van der Waals surface area contributed by atoms with Crippen molar-refractivity contribution in [3.8, 4) is 11.4 Å². The number of rotatable bonds is 3. The lowest BCUT2D eigenvalue weighted by atomic mass is 10.1. The fraction of sp³-hybridized carbons (Fsp3) is 0.286. The first kappa shape index (κ1) is 17.4. The largest absolute Gasteiger partial charge is 0.322 e. The van der Waals surface area contributed by atoms with Crippen molar-refractivity contribution in [1.82, 2.24) is 14.8 Å². The third kappa shape index (κ3) is 3.89. The highest BCUT2D eigenvalue weighted by molar-refractivity contribution is 6.04. The first-order valence-corrected chi connectivity index (χ1v) is 9.30. The average Bonchev–Trinajstić information content (AvgIpc) is 3.04. The zero-order chi connectivity index (χ0) is 18.6. The molecular formula is C21H21FN4O. The normalized spacial score (nSPS) is 14.1. The van der Waals surface area contributed by atoms with Crippen molar-refractivity contribution in [2.24, 2.45) is 0 Å². The smallest absolute Gasteiger partial charge is 0.255 e. The number of nitrogens with zero attached hydrogens (tertiary/aromatic N) is 3. The molecule has 0 atom stereocenters. The van der Waals surface area contributed by atoms with Crippen LogP contribution >= 0.6 is 0 Å². The minimum absolute atomic E-state index is 0.290. The molecule has 1 aliphatic heterocycles. The lowest BCUT2D eigenvalue weighted by Gasteiger charge is -2.13. The summed E-state index contributed by atoms with van der Waals surface area (Å²) in [4.78, 5) is 12.2. The van der Waals surface area contributed by atoms with Crippen molar-refractivity contribution < 1.29 is 9.18 Å². The molecule has 27 heavy (non-hydrogen) atoms. The van der Waals surface area contributed by atoms with Crippen LogP contribution in [0.25, 0.3) is 11.4 Å². The van der Waals surface area contributed by atoms with Gasteiger partial charge in [-0.3, -0.25) is 4.79 Å². The van der Waals surface area contributed by atoms with E-state index in [2.05, 4.69) is 20.1 Å². The predicted molar refractivity (Wildman–Crippen MR) is 102 cm³/mol. The molecule has 0 bridgehead atoms. The van der Waals surface area contributed by atoms with Crippen molar-refractivity contribution >= 4 is 11.6 Å². The Bertz CT molecular complexity index is 949. The van der Waals surface area contributed by atoms with Crippen molar-refractivity contribution in [3.63, 3.8) is 0 Å². The third-order valence-electron chi connectivity index (χ3n) is 4.85. The van der Waals surface area contributed by atoms with E-state index in [1.165, 1.54) is 31.0 Å². The third-order valence-corrected chi connectivity index (χ3v) is 4.85. The first-order chi connectivity index (χ1) is 13.2. The molecule has 5 nitrogen and oxygen atoms in total. The Morgan fingerprint density at radius 1 is 1.00 bits per heavy atom. The van der Waals surface area contributed by atoms with Crippen molar-refractivity contribution in [2.45, 2.75) is 38.6 Å². The van der Waals surface area contributed by atoms with Gasteiger partial charge in [0, 0.05) is 29.8 Å². The van der Waals surface area contributed by atoms with E-state index < -0.39 is 5.82 Å². The minimum atomic E-state index is -0.429. The number of anilines is 1. The Morgan fingerprint density at radius 2 is 1.81 bits per heavy atom. The van der Waals surface area contributed by atoms with E-state index in [1.807, 2.05) is 24.3 Å². The van der Waals surface area contributed by atoms with Crippen LogP contribution in [0.1, 0.15) is 41.9 Å². The predicted octanol–water partition coefficient (Wildman–Crippen LogP) is 4.45. The van der Waals surface area contributed by atoms with Crippen LogP contribution in [-0.4, -0.2) is 20.7 Å². The standard InChI is InChI=1S/C21H21FN4O/c22-17-7-5-6-16(14-17)21(27)23-18-11-9-15(10-12-18)20-25-24-19-8-3-1-2-4-13-26(19)20/h5-7,9-12,14H,1-4,8,13H2,(H,23,27). The van der Waals surface area contributed by atoms with Crippen LogP contribution in [0.5, 0.6) is 0 Å². The molecule has 0 radical (unpaired) electrons. The highest BCUT2D eigenvalue weighted by atomic mass is 19.1. The van der Waals surface area contributed by atoms with Crippen LogP contribution in [0, 0.1) is 5.82 Å². The molecule has 0 unspecified atom stereocenters. The van der Waals surface area contributed by atoms with Crippen LogP contribution in [0.3, 0.4) is 0 Å². The maximum atomic E-state index is 13.3. The summed E-state index contributed by atoms with van der Waals surface area (Å²) in [5, 5.41) is 11.5. The second-order valence-electron chi connectivity index (χ2n) is 6.80. The van der Waals surface area contributed by atoms with Crippen LogP contribution in [0.2, 0.25) is 0 Å². The Labute approximate surface area is 157 Å². The summed E-state index contributed by atoms with van der Waals surface area (Å²) >= 11 is 0. The number of benzene rings is 2. The van der Waals surface area contributed by atoms with Gasteiger partial charge < -0.3 is 9.88 Å². The molecule has 1 aromatic heterocycles. The lowest BCUT2D eigenvalue weighted by Crippen LogP contribution is -2.12. The maximum absolute atomic E-state index is 13.3. The summed E-state index contributed by atoms with van der Waals surface area (Å²) in [6.45, 7) is 0.940. The summed E-state index contributed by atoms with van der Waals surface area (Å²) in [6.07, 6.45) is 5.75. The number of hydrogen-bond acceptors (Lipinski definition) is 3. The van der Waals surface area contributed by atoms with Gasteiger partial charge in [-0.25, -0.2) is 4.39 Å². The van der Waals surface area contributed by atoms with E-state index in [-0.39, 0.29) is 11.5 Å². The van der Waals surface area contributed by atoms with Gasteiger partial charge in [-0.1, -0.05) is 18.9 Å². The fourth-order valence-corrected chi connectivity index (χ4v) is 3.41. The number of fused-ring (bicyclic) bond motifs is 1. The Balaban J connectivity index is 1.52. The SMILES string of the molecule is O=C(Nc1ccc(-c2nnc3n2CCCCCC3)cc1)c1cccc(F)c1. The molecule has 3 aromatic rings. The van der Waals surface area contributed by atoms with Crippen molar-refractivity contribution in [1.29, 1.82) is 0 Å². The van der Waals surface area contributed by atoms with Gasteiger partial charge in [0.25, 0.3) is 5.91 Å². The molecule has 0 aliphatic carbocycles. The Hall–Kier alpha value is -3.02. The minimum Gasteiger partial charge on any atom is -0.322 e. The van der Waals surface area contributed by atoms with E-state index in [0.717, 1.165) is 43.0 Å². The van der Waals surface area contributed by atoms with Gasteiger partial charge >= 0.3 is 0 Å². The van der Waals surface area contributed by atoms with Crippen LogP contribution in [0.4, 0.5) is 10.1 Å². The van der Waals surface area contributed by atoms with E-state index >= 15 is 0 Å². The van der Waals surface area contributed by atoms with Crippen LogP contribution in [0.15, 0.2) is 48.5 Å². The molecule has 2 aromatic carbocycles. The summed E-state index contributed by atoms with van der Waals surface area (Å²) < 4.78 is 15.5. The van der Waals surface area contributed by atoms with Gasteiger partial charge in [0.15, 0.2) is 5.82 Å². The molecule has 0 fully saturated rings. The molecule has 0 saturated carbocycles. The fourth-order valence-electron chi connectivity index (χ4n) is 3.41. The van der Waals surface area contributed by atoms with Crippen molar-refractivity contribution in [2.75, 3.05) is 5.32 Å². The van der Waals surface area contributed by atoms with E-state index in [0.29, 0.717) is 5.69 Å². The average molecular weight is 364 g/mol. The number of hydrogen-bond donors (Lipinski definition) is 1. The van der Waals surface area contributed by atoms with Gasteiger partial charge in [-0.2, -0.15) is 0 Å². The zero-order valence-electron chi connectivity index (χ0n) is 15.0. The summed E-state index contributed by atoms with van der Waals surface area (Å²) in [5.74, 6) is 1.15. The van der Waals surface area contributed by atoms with Crippen LogP contribution in [-0.2, 0) is 13.0 Å². The number of amides is 1. The molecule has 138 valence electrons. The second-order valence-corrected chi connectivity index (χ2v) is 6.80. The Kier molecular flexibility index (Phi) is 4.96. The number of carbonyl (C=O) groups is 1. The molecule has 0 spiro atoms. The van der Waals surface area contributed by atoms with Gasteiger partial charge in [-0.05, 0) is 55.3 Å². The topological polar surface area (TPSA) is 59.8 Å². The van der Waals surface area contributed by atoms with Gasteiger partial charge in [0.05, 0.1) is 0 Å². The summed E-state index contributed by atoms with van der Waals surface area (Å²) in [7, 11) is 0. The van der Waals surface area contributed by atoms with Gasteiger partial charge in [-0.15, -0.1) is 10.2 Å². The van der Waals surface area contributed by atoms with E-state index in [9.17, 15) is 9.18 Å². The monoisotopic (exact) mass is 364 g/mol. The lowest BCUT2D eigenvalue weighted by molar-refractivity contribution is 0.102. The van der Waals surface area contributed by atoms with Crippen molar-refractivity contribution in [3.05, 3.63) is 65.7 Å². The Morgan fingerprint density at radius 3 is 2.63 bits per heavy atom. The second kappa shape index (κ2) is 7.70. The summed E-state index contributed by atoms with van der Waals surface area (Å²) in [5.41, 5.74) is 1.91. The van der Waals surface area contributed by atoms with Crippen LogP contribution < -0.4 is 5.32 Å². The summed E-state index contributed by atoms with van der Waals surface area (Å²) in [6, 6.07) is 13.2. The molecule has 6 heteroatoms. The number of carbonyl (C=O) groups excluding carboxylic acids is 1. The van der Waals surface area contributed by atoms with E-state index in [1.54, 1.807) is 6.07 Å². The molecule has 1 amide bonds. The highest BCUT2D eigenvalue weighted by Gasteiger charge is 2.15. The molecule has 4 rings (SSSR count). The van der Waals surface area contributed by atoms with Gasteiger partial charge in [0.2, 0.25) is 0 Å². The highest BCUT2D eigenvalue weighted by Crippen LogP contribution is 2.24. The number of aromatic nitrogens is 3. The molecule has 1 N–H and O–H groups in total. The molecule has 0 saturated heterocycles. The molecule has 1 aliphatic rings. The number of nitrogens with one attached hydrogen (secondary N) is 1. The quantitative estimate of drug-likeness (QED) is 0.747. The first-order valence-electron chi connectivity index (χ1n) is 9.30. The van der Waals surface area contributed by atoms with E-state index in [4.69, 9.17) is 0 Å². The maximum Gasteiger partial charge on any atom is 0.255 e. The number of aryl methyl sites for hydroxylation is 1. The zero-order valence-corrected chi connectivity index (χ0v) is 15.0. The number of halogens is 1. The molecule has 2 heterocycles.